The molecular weight excluding hydrogens is 326 g/mol. The standard InChI is InChI=1S/C13H18BrN3OS/c1-9(2)8-18-12-5-4-10(6-11(12)14)7-16-17-13(19)15-3/h4-7,9H,8H2,1-3H3,(H2,15,17,19)/b16-7-. The molecule has 0 aliphatic rings. The van der Waals surface area contributed by atoms with Gasteiger partial charge in [0.25, 0.3) is 0 Å². The van der Waals surface area contributed by atoms with Gasteiger partial charge in [-0.3, -0.25) is 5.43 Å². The van der Waals surface area contributed by atoms with Crippen LogP contribution in [0.1, 0.15) is 19.4 Å². The molecule has 104 valence electrons. The Labute approximate surface area is 127 Å². The van der Waals surface area contributed by atoms with E-state index in [-0.39, 0.29) is 0 Å². The number of thiocarbonyl (C=S) groups is 1. The predicted octanol–water partition coefficient (Wildman–Crippen LogP) is 2.91. The lowest BCUT2D eigenvalue weighted by Gasteiger charge is -2.10. The third-order valence-electron chi connectivity index (χ3n) is 2.13. The molecule has 1 aromatic carbocycles. The van der Waals surface area contributed by atoms with Crippen molar-refractivity contribution in [3.63, 3.8) is 0 Å². The summed E-state index contributed by atoms with van der Waals surface area (Å²) in [5.41, 5.74) is 3.65. The Balaban J connectivity index is 2.63. The highest BCUT2D eigenvalue weighted by atomic mass is 79.9. The van der Waals surface area contributed by atoms with Crippen LogP contribution in [0.3, 0.4) is 0 Å². The molecule has 19 heavy (non-hydrogen) atoms. The third-order valence-corrected chi connectivity index (χ3v) is 3.05. The van der Waals surface area contributed by atoms with Crippen LogP contribution in [-0.2, 0) is 0 Å². The Morgan fingerprint density at radius 2 is 2.26 bits per heavy atom. The maximum Gasteiger partial charge on any atom is 0.186 e. The van der Waals surface area contributed by atoms with Crippen molar-refractivity contribution in [2.24, 2.45) is 11.0 Å². The number of hydrogen-bond acceptors (Lipinski definition) is 3. The van der Waals surface area contributed by atoms with Gasteiger partial charge in [0.05, 0.1) is 17.3 Å². The van der Waals surface area contributed by atoms with Gasteiger partial charge in [0, 0.05) is 7.05 Å². The van der Waals surface area contributed by atoms with E-state index < -0.39 is 0 Å². The monoisotopic (exact) mass is 343 g/mol. The molecule has 0 saturated carbocycles. The van der Waals surface area contributed by atoms with E-state index >= 15 is 0 Å². The van der Waals surface area contributed by atoms with Crippen molar-refractivity contribution in [2.75, 3.05) is 13.7 Å². The summed E-state index contributed by atoms with van der Waals surface area (Å²) in [5, 5.41) is 7.27. The lowest BCUT2D eigenvalue weighted by atomic mass is 10.2. The molecule has 0 amide bonds. The van der Waals surface area contributed by atoms with Gasteiger partial charge in [-0.15, -0.1) is 0 Å². The first-order valence-electron chi connectivity index (χ1n) is 5.96. The van der Waals surface area contributed by atoms with Crippen molar-refractivity contribution in [2.45, 2.75) is 13.8 Å². The minimum absolute atomic E-state index is 0.479. The minimum atomic E-state index is 0.479. The van der Waals surface area contributed by atoms with E-state index in [0.717, 1.165) is 15.8 Å². The van der Waals surface area contributed by atoms with Gasteiger partial charge < -0.3 is 10.1 Å². The van der Waals surface area contributed by atoms with Crippen LogP contribution in [0.5, 0.6) is 5.75 Å². The highest BCUT2D eigenvalue weighted by molar-refractivity contribution is 9.10. The molecule has 2 N–H and O–H groups in total. The van der Waals surface area contributed by atoms with E-state index in [0.29, 0.717) is 17.6 Å². The van der Waals surface area contributed by atoms with Gasteiger partial charge in [-0.05, 0) is 57.8 Å². The smallest absolute Gasteiger partial charge is 0.186 e. The highest BCUT2D eigenvalue weighted by Crippen LogP contribution is 2.25. The van der Waals surface area contributed by atoms with Crippen LogP contribution in [0.25, 0.3) is 0 Å². The molecule has 0 aliphatic carbocycles. The molecule has 0 radical (unpaired) electrons. The van der Waals surface area contributed by atoms with Crippen LogP contribution in [-0.4, -0.2) is 25.0 Å². The van der Waals surface area contributed by atoms with Crippen LogP contribution < -0.4 is 15.5 Å². The number of nitrogens with zero attached hydrogens (tertiary/aromatic N) is 1. The fraction of sp³-hybridized carbons (Fsp3) is 0.385. The van der Waals surface area contributed by atoms with Gasteiger partial charge in [-0.1, -0.05) is 13.8 Å². The first-order chi connectivity index (χ1) is 9.02. The summed E-state index contributed by atoms with van der Waals surface area (Å²) in [4.78, 5) is 0. The van der Waals surface area contributed by atoms with Crippen molar-refractivity contribution in [1.29, 1.82) is 0 Å². The number of rotatable bonds is 5. The molecule has 0 unspecified atom stereocenters. The molecular formula is C13H18BrN3OS. The molecule has 0 fully saturated rings. The summed E-state index contributed by atoms with van der Waals surface area (Å²) >= 11 is 8.40. The summed E-state index contributed by atoms with van der Waals surface area (Å²) in [7, 11) is 1.74. The van der Waals surface area contributed by atoms with E-state index in [9.17, 15) is 0 Å². The van der Waals surface area contributed by atoms with Crippen LogP contribution in [0, 0.1) is 5.92 Å². The lowest BCUT2D eigenvalue weighted by Crippen LogP contribution is -2.28. The van der Waals surface area contributed by atoms with E-state index in [2.05, 4.69) is 45.6 Å². The van der Waals surface area contributed by atoms with Gasteiger partial charge in [-0.25, -0.2) is 0 Å². The topological polar surface area (TPSA) is 45.7 Å². The predicted molar refractivity (Wildman–Crippen MR) is 86.9 cm³/mol. The molecule has 0 saturated heterocycles. The van der Waals surface area contributed by atoms with Crippen LogP contribution in [0.2, 0.25) is 0 Å². The normalized spacial score (nSPS) is 10.8. The lowest BCUT2D eigenvalue weighted by molar-refractivity contribution is 0.269. The molecule has 6 heteroatoms. The average molecular weight is 344 g/mol. The van der Waals surface area contributed by atoms with Gasteiger partial charge in [0.1, 0.15) is 5.75 Å². The largest absolute Gasteiger partial charge is 0.492 e. The second-order valence-corrected chi connectivity index (χ2v) is 5.61. The molecule has 0 heterocycles. The van der Waals surface area contributed by atoms with Crippen molar-refractivity contribution in [3.05, 3.63) is 28.2 Å². The third kappa shape index (κ3) is 6.02. The molecule has 0 aliphatic heterocycles. The Morgan fingerprint density at radius 1 is 1.53 bits per heavy atom. The number of benzene rings is 1. The zero-order valence-electron chi connectivity index (χ0n) is 11.2. The Hall–Kier alpha value is -1.14. The van der Waals surface area contributed by atoms with Crippen molar-refractivity contribution >= 4 is 39.5 Å². The molecule has 0 atom stereocenters. The summed E-state index contributed by atoms with van der Waals surface area (Å²) in [5.74, 6) is 1.34. The van der Waals surface area contributed by atoms with Gasteiger partial charge in [0.2, 0.25) is 0 Å². The van der Waals surface area contributed by atoms with Crippen LogP contribution in [0.15, 0.2) is 27.8 Å². The quantitative estimate of drug-likeness (QED) is 0.490. The van der Waals surface area contributed by atoms with Crippen LogP contribution >= 0.6 is 28.1 Å². The van der Waals surface area contributed by atoms with Crippen LogP contribution in [0.4, 0.5) is 0 Å². The molecule has 0 aromatic heterocycles. The van der Waals surface area contributed by atoms with Crippen molar-refractivity contribution in [3.8, 4) is 5.75 Å². The SMILES string of the molecule is CNC(=S)N/N=C\c1ccc(OCC(C)C)c(Br)c1. The fourth-order valence-electron chi connectivity index (χ4n) is 1.19. The summed E-state index contributed by atoms with van der Waals surface area (Å²) in [6.07, 6.45) is 1.70. The Morgan fingerprint density at radius 3 is 2.84 bits per heavy atom. The summed E-state index contributed by atoms with van der Waals surface area (Å²) in [6, 6.07) is 5.81. The van der Waals surface area contributed by atoms with Crippen molar-refractivity contribution in [1.82, 2.24) is 10.7 Å². The van der Waals surface area contributed by atoms with E-state index in [1.54, 1.807) is 13.3 Å². The van der Waals surface area contributed by atoms with E-state index in [1.165, 1.54) is 0 Å². The second kappa shape index (κ2) is 8.12. The first-order valence-corrected chi connectivity index (χ1v) is 7.16. The molecule has 4 nitrogen and oxygen atoms in total. The minimum Gasteiger partial charge on any atom is -0.492 e. The highest BCUT2D eigenvalue weighted by Gasteiger charge is 2.03. The first kappa shape index (κ1) is 15.9. The van der Waals surface area contributed by atoms with Gasteiger partial charge in [0.15, 0.2) is 5.11 Å². The van der Waals surface area contributed by atoms with Gasteiger partial charge in [-0.2, -0.15) is 5.10 Å². The average Bonchev–Trinajstić information content (AvgIpc) is 2.37. The Bertz CT molecular complexity index is 463. The maximum absolute atomic E-state index is 5.68. The second-order valence-electron chi connectivity index (χ2n) is 4.34. The Kier molecular flexibility index (Phi) is 6.80. The maximum atomic E-state index is 5.68. The van der Waals surface area contributed by atoms with E-state index in [1.807, 2.05) is 18.2 Å². The number of ether oxygens (including phenoxy) is 1. The number of hydrazone groups is 1. The molecule has 0 spiro atoms. The van der Waals surface area contributed by atoms with Crippen molar-refractivity contribution < 1.29 is 4.74 Å². The fourth-order valence-corrected chi connectivity index (χ4v) is 1.76. The zero-order valence-corrected chi connectivity index (χ0v) is 13.6. The number of halogens is 1. The van der Waals surface area contributed by atoms with Gasteiger partial charge >= 0.3 is 0 Å². The van der Waals surface area contributed by atoms with E-state index in [4.69, 9.17) is 17.0 Å². The number of hydrogen-bond donors (Lipinski definition) is 2. The summed E-state index contributed by atoms with van der Waals surface area (Å²) < 4.78 is 6.59. The number of nitrogens with one attached hydrogen (secondary N) is 2. The molecule has 1 aromatic rings. The molecule has 0 bridgehead atoms. The summed E-state index contributed by atoms with van der Waals surface area (Å²) in [6.45, 7) is 4.93. The molecule has 1 rings (SSSR count). The zero-order chi connectivity index (χ0) is 14.3.